The number of thiazole rings is 1. The summed E-state index contributed by atoms with van der Waals surface area (Å²) in [4.78, 5) is 21.0. The molecule has 1 saturated heterocycles. The lowest BCUT2D eigenvalue weighted by Gasteiger charge is -2.29. The van der Waals surface area contributed by atoms with E-state index in [0.29, 0.717) is 34.9 Å². The van der Waals surface area contributed by atoms with Crippen molar-refractivity contribution in [2.45, 2.75) is 55.9 Å². The molecule has 7 nitrogen and oxygen atoms in total. The van der Waals surface area contributed by atoms with E-state index in [0.717, 1.165) is 36.5 Å². The van der Waals surface area contributed by atoms with Gasteiger partial charge in [-0.15, -0.1) is 22.7 Å². The van der Waals surface area contributed by atoms with Crippen LogP contribution in [0.25, 0.3) is 0 Å². The second kappa shape index (κ2) is 8.24. The Labute approximate surface area is 183 Å². The van der Waals surface area contributed by atoms with Crippen LogP contribution in [0.1, 0.15) is 37.3 Å². The maximum absolute atomic E-state index is 13.0. The molecule has 0 spiro atoms. The summed E-state index contributed by atoms with van der Waals surface area (Å²) in [5.41, 5.74) is 1.03. The van der Waals surface area contributed by atoms with Crippen LogP contribution in [-0.4, -0.2) is 53.7 Å². The van der Waals surface area contributed by atoms with Crippen LogP contribution < -0.4 is 5.32 Å². The monoisotopic (exact) mass is 474 g/mol. The fourth-order valence-electron chi connectivity index (χ4n) is 3.74. The molecule has 1 amide bonds. The van der Waals surface area contributed by atoms with Gasteiger partial charge >= 0.3 is 0 Å². The number of rotatable bonds is 5. The number of fused-ring (bicyclic) bond motifs is 1. The summed E-state index contributed by atoms with van der Waals surface area (Å²) < 4.78 is 27.8. The smallest absolute Gasteiger partial charge is 0.253 e. The summed E-state index contributed by atoms with van der Waals surface area (Å²) in [5, 5.41) is 3.42. The molecule has 4 rings (SSSR count). The van der Waals surface area contributed by atoms with Crippen LogP contribution in [-0.2, 0) is 27.8 Å². The maximum Gasteiger partial charge on any atom is 0.253 e. The highest BCUT2D eigenvalue weighted by Crippen LogP contribution is 2.33. The second-order valence-corrected chi connectivity index (χ2v) is 12.4. The predicted molar refractivity (Wildman–Crippen MR) is 116 cm³/mol. The van der Waals surface area contributed by atoms with E-state index in [1.165, 1.54) is 26.6 Å². The highest BCUT2D eigenvalue weighted by molar-refractivity contribution is 7.91. The van der Waals surface area contributed by atoms with Gasteiger partial charge in [-0.3, -0.25) is 9.69 Å². The quantitative estimate of drug-likeness (QED) is 0.717. The van der Waals surface area contributed by atoms with Crippen LogP contribution in [0.15, 0.2) is 16.3 Å². The summed E-state index contributed by atoms with van der Waals surface area (Å²) in [6, 6.07) is 2.79. The number of hydrogen-bond acceptors (Lipinski definition) is 7. The van der Waals surface area contributed by atoms with Crippen LogP contribution in [0.4, 0.5) is 5.13 Å². The maximum atomic E-state index is 13.0. The third-order valence-electron chi connectivity index (χ3n) is 5.34. The van der Waals surface area contributed by atoms with Crippen molar-refractivity contribution >= 4 is 55.3 Å². The van der Waals surface area contributed by atoms with Gasteiger partial charge in [-0.1, -0.05) is 11.6 Å². The van der Waals surface area contributed by atoms with E-state index in [4.69, 9.17) is 11.6 Å². The first kappa shape index (κ1) is 21.2. The summed E-state index contributed by atoms with van der Waals surface area (Å²) in [5.74, 6) is -0.319. The van der Waals surface area contributed by atoms with Crippen molar-refractivity contribution in [2.24, 2.45) is 0 Å². The largest absolute Gasteiger partial charge is 0.301 e. The molecule has 158 valence electrons. The van der Waals surface area contributed by atoms with Gasteiger partial charge < -0.3 is 5.32 Å². The molecule has 0 aromatic carbocycles. The zero-order chi connectivity index (χ0) is 20.8. The zero-order valence-corrected chi connectivity index (χ0v) is 19.4. The Morgan fingerprint density at radius 1 is 1.31 bits per heavy atom. The van der Waals surface area contributed by atoms with Gasteiger partial charge in [-0.25, -0.2) is 13.4 Å². The third kappa shape index (κ3) is 4.24. The van der Waals surface area contributed by atoms with Crippen molar-refractivity contribution in [3.05, 3.63) is 27.0 Å². The molecular formula is C18H23ClN4O3S3. The van der Waals surface area contributed by atoms with Crippen molar-refractivity contribution in [1.82, 2.24) is 14.2 Å². The topological polar surface area (TPSA) is 82.6 Å². The average molecular weight is 475 g/mol. The van der Waals surface area contributed by atoms with Gasteiger partial charge in [0.15, 0.2) is 5.13 Å². The minimum absolute atomic E-state index is 0.167. The number of carbonyl (C=O) groups excluding carboxylic acids is 1. The first-order valence-electron chi connectivity index (χ1n) is 9.56. The van der Waals surface area contributed by atoms with Gasteiger partial charge in [0.25, 0.3) is 10.0 Å². The van der Waals surface area contributed by atoms with E-state index in [2.05, 4.69) is 29.0 Å². The molecule has 2 aromatic heterocycles. The Hall–Kier alpha value is -1.04. The lowest BCUT2D eigenvalue weighted by atomic mass is 10.1. The van der Waals surface area contributed by atoms with Crippen molar-refractivity contribution < 1.29 is 13.2 Å². The molecule has 1 unspecified atom stereocenters. The van der Waals surface area contributed by atoms with Crippen LogP contribution in [0, 0.1) is 0 Å². The zero-order valence-electron chi connectivity index (χ0n) is 16.2. The Morgan fingerprint density at radius 3 is 2.79 bits per heavy atom. The molecule has 11 heteroatoms. The standard InChI is InChI=1S/C18H23ClN4O3S3/c1-11(2)22-9-7-12-14(10-22)27-18(20-12)21-17(24)13-4-3-8-23(13)29(25,26)16-6-5-15(19)28-16/h5-6,11,13H,3-4,7-10H2,1-2H3,(H,20,21,24). The Morgan fingerprint density at radius 2 is 2.10 bits per heavy atom. The summed E-state index contributed by atoms with van der Waals surface area (Å²) >= 11 is 8.40. The minimum atomic E-state index is -3.74. The highest BCUT2D eigenvalue weighted by atomic mass is 35.5. The number of anilines is 1. The summed E-state index contributed by atoms with van der Waals surface area (Å²) in [6.07, 6.45) is 2.01. The molecule has 2 aliphatic heterocycles. The molecule has 29 heavy (non-hydrogen) atoms. The average Bonchev–Trinajstić information content (AvgIpc) is 3.39. The molecule has 1 fully saturated rings. The number of halogens is 1. The van der Waals surface area contributed by atoms with Gasteiger partial charge in [0.05, 0.1) is 10.0 Å². The predicted octanol–water partition coefficient (Wildman–Crippen LogP) is 3.42. The fourth-order valence-corrected chi connectivity index (χ4v) is 8.05. The Balaban J connectivity index is 1.49. The first-order valence-corrected chi connectivity index (χ1v) is 13.0. The van der Waals surface area contributed by atoms with Gasteiger partial charge in [-0.05, 0) is 38.8 Å². The molecule has 0 bridgehead atoms. The van der Waals surface area contributed by atoms with Crippen molar-refractivity contribution in [3.8, 4) is 0 Å². The normalized spacial score (nSPS) is 20.9. The number of carbonyl (C=O) groups is 1. The van der Waals surface area contributed by atoms with Crippen LogP contribution in [0.2, 0.25) is 4.34 Å². The van der Waals surface area contributed by atoms with E-state index in [1.807, 2.05) is 0 Å². The Kier molecular flexibility index (Phi) is 6.02. The highest BCUT2D eigenvalue weighted by Gasteiger charge is 2.40. The third-order valence-corrected chi connectivity index (χ3v) is 9.94. The lowest BCUT2D eigenvalue weighted by Crippen LogP contribution is -2.42. The van der Waals surface area contributed by atoms with E-state index in [9.17, 15) is 13.2 Å². The molecule has 4 heterocycles. The van der Waals surface area contributed by atoms with E-state index in [1.54, 1.807) is 6.07 Å². The number of thiophene rings is 1. The molecular weight excluding hydrogens is 452 g/mol. The molecule has 0 aliphatic carbocycles. The van der Waals surface area contributed by atoms with Crippen molar-refractivity contribution in [2.75, 3.05) is 18.4 Å². The molecule has 1 N–H and O–H groups in total. The number of nitrogens with zero attached hydrogens (tertiary/aromatic N) is 3. The number of nitrogens with one attached hydrogen (secondary N) is 1. The van der Waals surface area contributed by atoms with Gasteiger partial charge in [0.2, 0.25) is 5.91 Å². The molecule has 0 saturated carbocycles. The number of aromatic nitrogens is 1. The molecule has 2 aliphatic rings. The lowest BCUT2D eigenvalue weighted by molar-refractivity contribution is -0.119. The van der Waals surface area contributed by atoms with Gasteiger partial charge in [0, 0.05) is 37.0 Å². The van der Waals surface area contributed by atoms with Crippen LogP contribution in [0.5, 0.6) is 0 Å². The fraction of sp³-hybridized carbons (Fsp3) is 0.556. The number of hydrogen-bond donors (Lipinski definition) is 1. The first-order chi connectivity index (χ1) is 13.8. The van der Waals surface area contributed by atoms with E-state index < -0.39 is 16.1 Å². The van der Waals surface area contributed by atoms with Crippen molar-refractivity contribution in [1.29, 1.82) is 0 Å². The minimum Gasteiger partial charge on any atom is -0.301 e. The summed E-state index contributed by atoms with van der Waals surface area (Å²) in [6.45, 7) is 6.46. The SMILES string of the molecule is CC(C)N1CCc2nc(NC(=O)C3CCCN3S(=O)(=O)c3ccc(Cl)s3)sc2C1. The number of sulfonamides is 1. The van der Waals surface area contributed by atoms with E-state index in [-0.39, 0.29) is 10.1 Å². The molecule has 0 radical (unpaired) electrons. The summed E-state index contributed by atoms with van der Waals surface area (Å²) in [7, 11) is -3.74. The second-order valence-electron chi connectivity index (χ2n) is 7.52. The van der Waals surface area contributed by atoms with Gasteiger partial charge in [-0.2, -0.15) is 4.31 Å². The van der Waals surface area contributed by atoms with Crippen LogP contribution in [0.3, 0.4) is 0 Å². The van der Waals surface area contributed by atoms with Crippen LogP contribution >= 0.6 is 34.3 Å². The van der Waals surface area contributed by atoms with Gasteiger partial charge in [0.1, 0.15) is 10.3 Å². The molecule has 1 atom stereocenters. The van der Waals surface area contributed by atoms with Crippen molar-refractivity contribution in [3.63, 3.8) is 0 Å². The number of amides is 1. The van der Waals surface area contributed by atoms with E-state index >= 15 is 0 Å². The Bertz CT molecular complexity index is 1020. The molecule has 2 aromatic rings.